The molecule has 0 aliphatic heterocycles. The monoisotopic (exact) mass is 186 g/mol. The fourth-order valence-electron chi connectivity index (χ4n) is 0.0577. The molecule has 0 saturated carbocycles. The number of hydrogen-bond acceptors (Lipinski definition) is 5. The molecule has 3 nitrogen and oxygen atoms in total. The molecule has 5 heteroatoms. The first-order chi connectivity index (χ1) is 4.54. The summed E-state index contributed by atoms with van der Waals surface area (Å²) in [6.07, 6.45) is -0.645. The SMILES string of the molecule is CC(O)S.OCC(O)CS. The van der Waals surface area contributed by atoms with E-state index in [-0.39, 0.29) is 6.61 Å². The zero-order valence-corrected chi connectivity index (χ0v) is 7.59. The van der Waals surface area contributed by atoms with Crippen LogP contribution in [0.5, 0.6) is 0 Å². The minimum Gasteiger partial charge on any atom is -0.394 e. The van der Waals surface area contributed by atoms with Crippen molar-refractivity contribution >= 4 is 25.3 Å². The van der Waals surface area contributed by atoms with Gasteiger partial charge in [-0.1, -0.05) is 0 Å². The number of thiol groups is 2. The Kier molecular flexibility index (Phi) is 12.6. The molecule has 0 fully saturated rings. The quantitative estimate of drug-likeness (QED) is 0.299. The Balaban J connectivity index is 0. The first-order valence-electron chi connectivity index (χ1n) is 2.80. The van der Waals surface area contributed by atoms with Crippen molar-refractivity contribution in [2.75, 3.05) is 12.4 Å². The molecule has 2 unspecified atom stereocenters. The van der Waals surface area contributed by atoms with Gasteiger partial charge in [0.05, 0.1) is 18.1 Å². The minimum absolute atomic E-state index is 0.191. The molecule has 0 radical (unpaired) electrons. The molecule has 0 spiro atoms. The molecule has 0 aromatic heterocycles. The lowest BCUT2D eigenvalue weighted by Gasteiger charge is -1.96. The lowest BCUT2D eigenvalue weighted by molar-refractivity contribution is 0.114. The van der Waals surface area contributed by atoms with Crippen LogP contribution in [0.25, 0.3) is 0 Å². The zero-order valence-electron chi connectivity index (χ0n) is 5.80. The Labute approximate surface area is 71.9 Å². The van der Waals surface area contributed by atoms with Crippen LogP contribution in [-0.4, -0.2) is 39.2 Å². The average molecular weight is 186 g/mol. The van der Waals surface area contributed by atoms with Crippen LogP contribution in [0.4, 0.5) is 0 Å². The zero-order chi connectivity index (χ0) is 8.57. The Bertz CT molecular complexity index is 54.1. The second kappa shape index (κ2) is 9.58. The highest BCUT2D eigenvalue weighted by molar-refractivity contribution is 7.80. The summed E-state index contributed by atoms with van der Waals surface area (Å²) < 4.78 is 0. The topological polar surface area (TPSA) is 60.7 Å². The highest BCUT2D eigenvalue weighted by Crippen LogP contribution is 1.81. The predicted octanol–water partition coefficient (Wildman–Crippen LogP) is -0.476. The molecule has 0 heterocycles. The molecule has 0 aliphatic carbocycles. The molecule has 0 aromatic rings. The maximum absolute atomic E-state index is 8.34. The van der Waals surface area contributed by atoms with Crippen LogP contribution >= 0.6 is 25.3 Å². The molecular formula is C5H14O3S2. The molecule has 0 bridgehead atoms. The van der Waals surface area contributed by atoms with Gasteiger partial charge < -0.3 is 15.3 Å². The van der Waals surface area contributed by atoms with Crippen LogP contribution in [-0.2, 0) is 0 Å². The summed E-state index contributed by atoms with van der Waals surface area (Å²) in [6, 6.07) is 0. The Hall–Kier alpha value is 0.580. The molecule has 0 saturated heterocycles. The van der Waals surface area contributed by atoms with Gasteiger partial charge in [0.15, 0.2) is 0 Å². The fraction of sp³-hybridized carbons (Fsp3) is 1.00. The van der Waals surface area contributed by atoms with Crippen LogP contribution in [0.15, 0.2) is 0 Å². The molecule has 10 heavy (non-hydrogen) atoms. The van der Waals surface area contributed by atoms with Gasteiger partial charge in [-0.25, -0.2) is 0 Å². The van der Waals surface area contributed by atoms with E-state index < -0.39 is 11.5 Å². The van der Waals surface area contributed by atoms with Gasteiger partial charge in [0.2, 0.25) is 0 Å². The van der Waals surface area contributed by atoms with Crippen LogP contribution < -0.4 is 0 Å². The van der Waals surface area contributed by atoms with E-state index in [0.29, 0.717) is 5.75 Å². The first kappa shape index (κ1) is 13.2. The smallest absolute Gasteiger partial charge is 0.0936 e. The van der Waals surface area contributed by atoms with E-state index in [0.717, 1.165) is 0 Å². The maximum Gasteiger partial charge on any atom is 0.0936 e. The van der Waals surface area contributed by atoms with Crippen molar-refractivity contribution in [1.82, 2.24) is 0 Å². The number of aliphatic hydroxyl groups excluding tert-OH is 3. The van der Waals surface area contributed by atoms with Crippen LogP contribution in [0, 0.1) is 0 Å². The lowest BCUT2D eigenvalue weighted by Crippen LogP contribution is -2.12. The van der Waals surface area contributed by atoms with E-state index in [1.165, 1.54) is 0 Å². The summed E-state index contributed by atoms with van der Waals surface area (Å²) >= 11 is 7.21. The van der Waals surface area contributed by atoms with Crippen LogP contribution in [0.3, 0.4) is 0 Å². The van der Waals surface area contributed by atoms with Crippen molar-refractivity contribution in [3.63, 3.8) is 0 Å². The third-order valence-electron chi connectivity index (χ3n) is 0.421. The van der Waals surface area contributed by atoms with Crippen LogP contribution in [0.1, 0.15) is 6.92 Å². The maximum atomic E-state index is 8.34. The van der Waals surface area contributed by atoms with E-state index >= 15 is 0 Å². The summed E-state index contributed by atoms with van der Waals surface area (Å²) in [7, 11) is 0. The standard InChI is InChI=1S/C3H8O2S.C2H6OS/c4-1-3(5)2-6;1-2(3)4/h3-6H,1-2H2;2-4H,1H3. The first-order valence-corrected chi connectivity index (χ1v) is 3.95. The van der Waals surface area contributed by atoms with Gasteiger partial charge in [-0.05, 0) is 6.92 Å². The van der Waals surface area contributed by atoms with E-state index in [4.69, 9.17) is 15.3 Å². The molecule has 0 aromatic carbocycles. The highest BCUT2D eigenvalue weighted by atomic mass is 32.1. The van der Waals surface area contributed by atoms with E-state index in [9.17, 15) is 0 Å². The van der Waals surface area contributed by atoms with Gasteiger partial charge in [0.25, 0.3) is 0 Å². The number of hydrogen-bond donors (Lipinski definition) is 5. The summed E-state index contributed by atoms with van der Waals surface area (Å²) in [5, 5.41) is 24.3. The van der Waals surface area contributed by atoms with Gasteiger partial charge in [-0.2, -0.15) is 12.6 Å². The van der Waals surface area contributed by atoms with Crippen molar-refractivity contribution in [3.8, 4) is 0 Å². The van der Waals surface area contributed by atoms with Crippen LogP contribution in [0.2, 0.25) is 0 Å². The third-order valence-corrected chi connectivity index (χ3v) is 0.843. The Morgan fingerprint density at radius 3 is 1.70 bits per heavy atom. The third kappa shape index (κ3) is 23.5. The summed E-state index contributed by atoms with van der Waals surface area (Å²) in [6.45, 7) is 1.40. The second-order valence-electron chi connectivity index (χ2n) is 1.65. The minimum atomic E-state index is -0.645. The van der Waals surface area contributed by atoms with Crippen molar-refractivity contribution < 1.29 is 15.3 Å². The number of rotatable bonds is 2. The molecule has 0 rings (SSSR count). The highest BCUT2D eigenvalue weighted by Gasteiger charge is 1.92. The van der Waals surface area contributed by atoms with Crippen molar-refractivity contribution in [2.24, 2.45) is 0 Å². The lowest BCUT2D eigenvalue weighted by atomic mass is 10.4. The summed E-state index contributed by atoms with van der Waals surface area (Å²) in [5.74, 6) is 0.330. The van der Waals surface area contributed by atoms with Gasteiger partial charge >= 0.3 is 0 Å². The molecule has 2 atom stereocenters. The molecule has 0 amide bonds. The summed E-state index contributed by atoms with van der Waals surface area (Å²) in [5.41, 5.74) is -0.472. The normalized spacial score (nSPS) is 15.0. The predicted molar refractivity (Wildman–Crippen MR) is 47.6 cm³/mol. The molecular weight excluding hydrogens is 172 g/mol. The second-order valence-corrected chi connectivity index (χ2v) is 2.76. The van der Waals surface area contributed by atoms with E-state index in [1.54, 1.807) is 6.92 Å². The van der Waals surface area contributed by atoms with Crippen molar-refractivity contribution in [1.29, 1.82) is 0 Å². The van der Waals surface area contributed by atoms with Gasteiger partial charge in [0.1, 0.15) is 0 Å². The molecule has 3 N–H and O–H groups in total. The van der Waals surface area contributed by atoms with Crippen molar-refractivity contribution in [3.05, 3.63) is 0 Å². The Morgan fingerprint density at radius 2 is 1.70 bits per heavy atom. The molecule has 0 aliphatic rings. The van der Waals surface area contributed by atoms with E-state index in [1.807, 2.05) is 0 Å². The summed E-state index contributed by atoms with van der Waals surface area (Å²) in [4.78, 5) is 0. The van der Waals surface area contributed by atoms with Crippen molar-refractivity contribution in [2.45, 2.75) is 18.5 Å². The largest absolute Gasteiger partial charge is 0.394 e. The van der Waals surface area contributed by atoms with E-state index in [2.05, 4.69) is 25.3 Å². The van der Waals surface area contributed by atoms with Gasteiger partial charge in [-0.3, -0.25) is 0 Å². The molecule has 64 valence electrons. The average Bonchev–Trinajstić information content (AvgIpc) is 1.85. The van der Waals surface area contributed by atoms with Gasteiger partial charge in [-0.15, -0.1) is 12.6 Å². The Morgan fingerprint density at radius 1 is 1.40 bits per heavy atom. The number of aliphatic hydroxyl groups is 3. The van der Waals surface area contributed by atoms with Gasteiger partial charge in [0, 0.05) is 5.75 Å². The fourth-order valence-corrected chi connectivity index (χ4v) is 0.173.